The minimum absolute atomic E-state index is 0.0212. The minimum Gasteiger partial charge on any atom is -0.350 e. The zero-order valence-corrected chi connectivity index (χ0v) is 14.8. The van der Waals surface area contributed by atoms with Gasteiger partial charge in [-0.25, -0.2) is 8.78 Å². The Morgan fingerprint density at radius 3 is 2.38 bits per heavy atom. The van der Waals surface area contributed by atoms with Crippen LogP contribution in [0.2, 0.25) is 0 Å². The first-order chi connectivity index (χ1) is 12.6. The number of aromatic nitrogens is 1. The summed E-state index contributed by atoms with van der Waals surface area (Å²) in [5, 5.41) is 0. The third kappa shape index (κ3) is 3.17. The molecule has 2 aromatic carbocycles. The van der Waals surface area contributed by atoms with Gasteiger partial charge in [-0.15, -0.1) is 0 Å². The zero-order valence-electron chi connectivity index (χ0n) is 14.8. The Balaban J connectivity index is 1.77. The largest absolute Gasteiger partial charge is 0.350 e. The summed E-state index contributed by atoms with van der Waals surface area (Å²) in [5.41, 5.74) is 3.66. The van der Waals surface area contributed by atoms with Gasteiger partial charge in [-0.05, 0) is 43.2 Å². The molecule has 1 aliphatic rings. The summed E-state index contributed by atoms with van der Waals surface area (Å²) in [6.07, 6.45) is 3.03. The molecule has 0 radical (unpaired) electrons. The molecule has 1 aliphatic heterocycles. The molecule has 4 heteroatoms. The summed E-state index contributed by atoms with van der Waals surface area (Å²) in [6, 6.07) is 16.6. The van der Waals surface area contributed by atoms with Crippen molar-refractivity contribution in [1.29, 1.82) is 0 Å². The average Bonchev–Trinajstić information content (AvgIpc) is 3.01. The van der Waals surface area contributed by atoms with Crippen LogP contribution >= 0.6 is 0 Å². The molecule has 2 heterocycles. The van der Waals surface area contributed by atoms with E-state index in [0.717, 1.165) is 25.1 Å². The van der Waals surface area contributed by atoms with Crippen LogP contribution in [0.5, 0.6) is 0 Å². The maximum absolute atomic E-state index is 14.3. The van der Waals surface area contributed by atoms with E-state index >= 15 is 0 Å². The lowest BCUT2D eigenvalue weighted by molar-refractivity contribution is 0.214. The molecule has 0 spiro atoms. The first kappa shape index (κ1) is 17.0. The normalized spacial score (nSPS) is 17.7. The molecule has 0 amide bonds. The molecular weight excluding hydrogens is 330 g/mol. The van der Waals surface area contributed by atoms with Gasteiger partial charge in [-0.1, -0.05) is 35.9 Å². The molecule has 0 saturated heterocycles. The van der Waals surface area contributed by atoms with Crippen molar-refractivity contribution in [3.05, 3.63) is 94.8 Å². The number of benzene rings is 2. The summed E-state index contributed by atoms with van der Waals surface area (Å²) in [6.45, 7) is 4.02. The van der Waals surface area contributed by atoms with E-state index in [9.17, 15) is 8.78 Å². The maximum atomic E-state index is 14.3. The average molecular weight is 352 g/mol. The highest BCUT2D eigenvalue weighted by molar-refractivity contribution is 5.32. The molecule has 26 heavy (non-hydrogen) atoms. The highest BCUT2D eigenvalue weighted by Gasteiger charge is 2.28. The molecule has 0 aliphatic carbocycles. The second-order valence-corrected chi connectivity index (χ2v) is 6.96. The van der Waals surface area contributed by atoms with Crippen LogP contribution < -0.4 is 0 Å². The fourth-order valence-corrected chi connectivity index (χ4v) is 3.83. The second-order valence-electron chi connectivity index (χ2n) is 6.96. The number of hydrogen-bond acceptors (Lipinski definition) is 1. The first-order valence-corrected chi connectivity index (χ1v) is 9.02. The van der Waals surface area contributed by atoms with Crippen LogP contribution in [0.4, 0.5) is 8.78 Å². The summed E-state index contributed by atoms with van der Waals surface area (Å²) >= 11 is 0. The van der Waals surface area contributed by atoms with E-state index in [0.29, 0.717) is 0 Å². The fourth-order valence-electron chi connectivity index (χ4n) is 3.83. The molecule has 0 bridgehead atoms. The predicted octanol–water partition coefficient (Wildman–Crippen LogP) is 5.07. The van der Waals surface area contributed by atoms with E-state index in [1.54, 1.807) is 0 Å². The van der Waals surface area contributed by atoms with Crippen LogP contribution in [0.3, 0.4) is 0 Å². The molecule has 134 valence electrons. The molecule has 0 N–H and O–H groups in total. The number of halogens is 2. The van der Waals surface area contributed by atoms with E-state index < -0.39 is 11.6 Å². The van der Waals surface area contributed by atoms with Gasteiger partial charge in [0.25, 0.3) is 0 Å². The quantitative estimate of drug-likeness (QED) is 0.639. The predicted molar refractivity (Wildman–Crippen MR) is 98.8 cm³/mol. The van der Waals surface area contributed by atoms with Gasteiger partial charge >= 0.3 is 0 Å². The van der Waals surface area contributed by atoms with Crippen molar-refractivity contribution in [2.24, 2.45) is 0 Å². The Morgan fingerprint density at radius 1 is 0.923 bits per heavy atom. The lowest BCUT2D eigenvalue weighted by Crippen LogP contribution is -2.30. The van der Waals surface area contributed by atoms with Crippen molar-refractivity contribution in [2.45, 2.75) is 32.5 Å². The van der Waals surface area contributed by atoms with Gasteiger partial charge < -0.3 is 4.57 Å². The topological polar surface area (TPSA) is 8.17 Å². The van der Waals surface area contributed by atoms with Crippen LogP contribution in [-0.4, -0.2) is 16.0 Å². The Morgan fingerprint density at radius 2 is 1.65 bits per heavy atom. The Labute approximate surface area is 152 Å². The Hall–Kier alpha value is -2.46. The van der Waals surface area contributed by atoms with Crippen LogP contribution in [0.1, 0.15) is 34.8 Å². The van der Waals surface area contributed by atoms with E-state index in [1.165, 1.54) is 29.5 Å². The Bertz CT molecular complexity index is 879. The standard InChI is InChI=1S/C22H22F2N2/c1-16-8-10-17(11-9-16)22-21-7-3-12-25(21)13-4-14-26(22)15-18-19(23)5-2-6-20(18)24/h2-3,5-12,22H,4,13-15H2,1H3. The van der Waals surface area contributed by atoms with Crippen molar-refractivity contribution in [2.75, 3.05) is 6.54 Å². The lowest BCUT2D eigenvalue weighted by atomic mass is 9.99. The molecular formula is C22H22F2N2. The van der Waals surface area contributed by atoms with Gasteiger partial charge in [0.2, 0.25) is 0 Å². The van der Waals surface area contributed by atoms with Crippen molar-refractivity contribution >= 4 is 0 Å². The van der Waals surface area contributed by atoms with Gasteiger partial charge in [-0.2, -0.15) is 0 Å². The number of aryl methyl sites for hydroxylation is 2. The fraction of sp³-hybridized carbons (Fsp3) is 0.273. The molecule has 3 aromatic rings. The summed E-state index contributed by atoms with van der Waals surface area (Å²) < 4.78 is 30.8. The van der Waals surface area contributed by atoms with Crippen LogP contribution in [0.15, 0.2) is 60.8 Å². The monoisotopic (exact) mass is 352 g/mol. The molecule has 0 fully saturated rings. The minimum atomic E-state index is -0.479. The van der Waals surface area contributed by atoms with Crippen molar-refractivity contribution < 1.29 is 8.78 Å². The van der Waals surface area contributed by atoms with Gasteiger partial charge in [0.05, 0.1) is 6.04 Å². The number of nitrogens with zero attached hydrogens (tertiary/aromatic N) is 2. The van der Waals surface area contributed by atoms with Crippen LogP contribution in [0, 0.1) is 18.6 Å². The number of fused-ring (bicyclic) bond motifs is 1. The van der Waals surface area contributed by atoms with Gasteiger partial charge in [0, 0.05) is 37.1 Å². The van der Waals surface area contributed by atoms with E-state index in [4.69, 9.17) is 0 Å². The third-order valence-corrected chi connectivity index (χ3v) is 5.17. The Kier molecular flexibility index (Phi) is 4.60. The van der Waals surface area contributed by atoms with Crippen molar-refractivity contribution in [3.8, 4) is 0 Å². The molecule has 1 aromatic heterocycles. The highest BCUT2D eigenvalue weighted by atomic mass is 19.1. The second kappa shape index (κ2) is 7.04. The van der Waals surface area contributed by atoms with Gasteiger partial charge in [0.1, 0.15) is 11.6 Å². The number of hydrogen-bond donors (Lipinski definition) is 0. The summed E-state index contributed by atoms with van der Waals surface area (Å²) in [7, 11) is 0. The first-order valence-electron chi connectivity index (χ1n) is 9.02. The molecule has 0 saturated carbocycles. The summed E-state index contributed by atoms with van der Waals surface area (Å²) in [4.78, 5) is 2.19. The molecule has 1 atom stereocenters. The third-order valence-electron chi connectivity index (χ3n) is 5.17. The van der Waals surface area contributed by atoms with Crippen LogP contribution in [-0.2, 0) is 13.1 Å². The maximum Gasteiger partial charge on any atom is 0.130 e. The molecule has 1 unspecified atom stereocenters. The SMILES string of the molecule is Cc1ccc(C2c3cccn3CCCN2Cc2c(F)cccc2F)cc1. The zero-order chi connectivity index (χ0) is 18.1. The van der Waals surface area contributed by atoms with Crippen molar-refractivity contribution in [3.63, 3.8) is 0 Å². The van der Waals surface area contributed by atoms with Gasteiger partial charge in [0.15, 0.2) is 0 Å². The highest BCUT2D eigenvalue weighted by Crippen LogP contribution is 2.33. The van der Waals surface area contributed by atoms with E-state index in [-0.39, 0.29) is 18.2 Å². The van der Waals surface area contributed by atoms with Gasteiger partial charge in [-0.3, -0.25) is 4.90 Å². The van der Waals surface area contributed by atoms with Crippen molar-refractivity contribution in [1.82, 2.24) is 9.47 Å². The summed E-state index contributed by atoms with van der Waals surface area (Å²) in [5.74, 6) is -0.959. The van der Waals surface area contributed by atoms with Crippen LogP contribution in [0.25, 0.3) is 0 Å². The number of rotatable bonds is 3. The smallest absolute Gasteiger partial charge is 0.130 e. The van der Waals surface area contributed by atoms with E-state index in [2.05, 4.69) is 52.9 Å². The lowest BCUT2D eigenvalue weighted by Gasteiger charge is -2.31. The van der Waals surface area contributed by atoms with E-state index in [1.807, 2.05) is 6.07 Å². The molecule has 2 nitrogen and oxygen atoms in total. The molecule has 4 rings (SSSR count).